The van der Waals surface area contributed by atoms with Gasteiger partial charge >= 0.3 is 0 Å². The number of aromatic nitrogens is 1. The lowest BCUT2D eigenvalue weighted by Gasteiger charge is -2.20. The number of fused-ring (bicyclic) bond motifs is 3. The molecule has 0 saturated carbocycles. The number of carbonyl (C=O) groups excluding carboxylic acids is 2. The van der Waals surface area contributed by atoms with E-state index < -0.39 is 0 Å². The molecule has 3 N–H and O–H groups in total. The van der Waals surface area contributed by atoms with Crippen molar-refractivity contribution in [1.82, 2.24) is 20.9 Å². The summed E-state index contributed by atoms with van der Waals surface area (Å²) in [7, 11) is 0. The van der Waals surface area contributed by atoms with Crippen LogP contribution in [0.4, 0.5) is 0 Å². The fourth-order valence-corrected chi connectivity index (χ4v) is 4.35. The molecular formula is C26H26N4O3. The summed E-state index contributed by atoms with van der Waals surface area (Å²) in [4.78, 5) is 29.4. The second kappa shape index (κ2) is 9.42. The van der Waals surface area contributed by atoms with Crippen LogP contribution in [0.3, 0.4) is 0 Å². The maximum Gasteiger partial charge on any atom is 0.251 e. The van der Waals surface area contributed by atoms with Crippen molar-refractivity contribution in [2.45, 2.75) is 32.0 Å². The Balaban J connectivity index is 1.21. The molecule has 2 aromatic carbocycles. The van der Waals surface area contributed by atoms with E-state index in [-0.39, 0.29) is 11.8 Å². The third-order valence-electron chi connectivity index (χ3n) is 6.14. The number of ether oxygens (including phenoxy) is 1. The van der Waals surface area contributed by atoms with Crippen molar-refractivity contribution in [1.29, 1.82) is 0 Å². The van der Waals surface area contributed by atoms with E-state index in [4.69, 9.17) is 4.74 Å². The van der Waals surface area contributed by atoms with Crippen molar-refractivity contribution in [2.75, 3.05) is 13.1 Å². The third-order valence-corrected chi connectivity index (χ3v) is 6.14. The van der Waals surface area contributed by atoms with Crippen LogP contribution < -0.4 is 20.7 Å². The molecule has 1 atom stereocenters. The molecule has 0 bridgehead atoms. The Morgan fingerprint density at radius 2 is 1.91 bits per heavy atom. The standard InChI is InChI=1S/C26H26N4O3/c31-25(30-14-21-5-2-9-28-21)18-4-1-3-17(11-18)13-29-26(32)19-6-7-22-20(12-19)16-33-24-15-27-10-8-23(22)24/h1,3-4,6-8,10-12,15,21,28H,2,5,9,13-14,16H2,(H,29,32)(H,30,31). The highest BCUT2D eigenvalue weighted by Crippen LogP contribution is 2.36. The summed E-state index contributed by atoms with van der Waals surface area (Å²) < 4.78 is 5.77. The normalized spacial score (nSPS) is 16.3. The minimum atomic E-state index is -0.166. The molecule has 7 nitrogen and oxygen atoms in total. The number of hydrogen-bond acceptors (Lipinski definition) is 5. The van der Waals surface area contributed by atoms with Gasteiger partial charge in [-0.25, -0.2) is 0 Å². The van der Waals surface area contributed by atoms with Crippen LogP contribution in [0.25, 0.3) is 11.1 Å². The van der Waals surface area contributed by atoms with Crippen LogP contribution in [0.15, 0.2) is 60.9 Å². The van der Waals surface area contributed by atoms with Crippen molar-refractivity contribution in [3.05, 3.63) is 83.2 Å². The summed E-state index contributed by atoms with van der Waals surface area (Å²) in [5.41, 5.74) is 5.06. The molecule has 1 unspecified atom stereocenters. The first-order valence-electron chi connectivity index (χ1n) is 11.3. The fourth-order valence-electron chi connectivity index (χ4n) is 4.35. The first kappa shape index (κ1) is 21.2. The van der Waals surface area contributed by atoms with Gasteiger partial charge in [-0.15, -0.1) is 0 Å². The molecule has 0 radical (unpaired) electrons. The highest BCUT2D eigenvalue weighted by atomic mass is 16.5. The molecule has 1 aromatic heterocycles. The summed E-state index contributed by atoms with van der Waals surface area (Å²) in [6.07, 6.45) is 5.68. The highest BCUT2D eigenvalue weighted by Gasteiger charge is 2.19. The average molecular weight is 443 g/mol. The van der Waals surface area contributed by atoms with Crippen LogP contribution in [0.2, 0.25) is 0 Å². The Labute approximate surface area is 192 Å². The number of benzene rings is 2. The molecule has 7 heteroatoms. The largest absolute Gasteiger partial charge is 0.487 e. The number of hydrogen-bond donors (Lipinski definition) is 3. The minimum absolute atomic E-state index is 0.0953. The number of pyridine rings is 1. The Kier molecular flexibility index (Phi) is 6.04. The first-order chi connectivity index (χ1) is 16.2. The van der Waals surface area contributed by atoms with Crippen LogP contribution in [0.5, 0.6) is 5.75 Å². The van der Waals surface area contributed by atoms with Crippen LogP contribution in [-0.4, -0.2) is 35.9 Å². The first-order valence-corrected chi connectivity index (χ1v) is 11.3. The maximum absolute atomic E-state index is 12.8. The van der Waals surface area contributed by atoms with Gasteiger partial charge in [-0.1, -0.05) is 18.2 Å². The van der Waals surface area contributed by atoms with Gasteiger partial charge < -0.3 is 20.7 Å². The predicted molar refractivity (Wildman–Crippen MR) is 125 cm³/mol. The summed E-state index contributed by atoms with van der Waals surface area (Å²) in [5, 5.41) is 9.32. The van der Waals surface area contributed by atoms with E-state index in [0.717, 1.165) is 47.4 Å². The molecule has 0 aliphatic carbocycles. The van der Waals surface area contributed by atoms with Gasteiger partial charge in [0.05, 0.1) is 6.20 Å². The number of nitrogens with zero attached hydrogens (tertiary/aromatic N) is 1. The number of carbonyl (C=O) groups is 2. The zero-order valence-electron chi connectivity index (χ0n) is 18.3. The van der Waals surface area contributed by atoms with Crippen LogP contribution in [0.1, 0.15) is 44.7 Å². The van der Waals surface area contributed by atoms with E-state index in [1.165, 1.54) is 0 Å². The molecule has 1 fully saturated rings. The van der Waals surface area contributed by atoms with E-state index in [0.29, 0.717) is 36.9 Å². The maximum atomic E-state index is 12.8. The second-order valence-electron chi connectivity index (χ2n) is 8.42. The van der Waals surface area contributed by atoms with Gasteiger partial charge in [0.2, 0.25) is 0 Å². The van der Waals surface area contributed by atoms with Crippen molar-refractivity contribution in [3.8, 4) is 16.9 Å². The molecule has 168 valence electrons. The van der Waals surface area contributed by atoms with Crippen molar-refractivity contribution in [3.63, 3.8) is 0 Å². The molecule has 2 aliphatic heterocycles. The molecule has 33 heavy (non-hydrogen) atoms. The van der Waals surface area contributed by atoms with Crippen molar-refractivity contribution >= 4 is 11.8 Å². The highest BCUT2D eigenvalue weighted by molar-refractivity contribution is 5.96. The van der Waals surface area contributed by atoms with Gasteiger partial charge in [-0.05, 0) is 66.4 Å². The van der Waals surface area contributed by atoms with Crippen molar-refractivity contribution < 1.29 is 14.3 Å². The van der Waals surface area contributed by atoms with Crippen LogP contribution in [-0.2, 0) is 13.2 Å². The summed E-state index contributed by atoms with van der Waals surface area (Å²) >= 11 is 0. The Morgan fingerprint density at radius 3 is 2.79 bits per heavy atom. The lowest BCUT2D eigenvalue weighted by molar-refractivity contribution is 0.0944. The topological polar surface area (TPSA) is 92.4 Å². The van der Waals surface area contributed by atoms with Gasteiger partial charge in [0.1, 0.15) is 12.4 Å². The lowest BCUT2D eigenvalue weighted by Crippen LogP contribution is -2.37. The average Bonchev–Trinajstić information content (AvgIpc) is 3.39. The Bertz CT molecular complexity index is 1190. The quantitative estimate of drug-likeness (QED) is 0.546. The van der Waals surface area contributed by atoms with Crippen LogP contribution in [0, 0.1) is 0 Å². The number of amides is 2. The summed E-state index contributed by atoms with van der Waals surface area (Å²) in [6.45, 7) is 2.38. The van der Waals surface area contributed by atoms with E-state index in [1.807, 2.05) is 42.5 Å². The predicted octanol–water partition coefficient (Wildman–Crippen LogP) is 3.05. The Morgan fingerprint density at radius 1 is 1.03 bits per heavy atom. The van der Waals surface area contributed by atoms with Gasteiger partial charge in [0.15, 0.2) is 0 Å². The molecule has 3 heterocycles. The fraction of sp³-hybridized carbons (Fsp3) is 0.269. The molecule has 2 aliphatic rings. The van der Waals surface area contributed by atoms with Crippen LogP contribution >= 0.6 is 0 Å². The zero-order chi connectivity index (χ0) is 22.6. The molecule has 3 aromatic rings. The van der Waals surface area contributed by atoms with Gasteiger partial charge in [-0.3, -0.25) is 14.6 Å². The molecule has 0 spiro atoms. The molecule has 1 saturated heterocycles. The van der Waals surface area contributed by atoms with Crippen molar-refractivity contribution in [2.24, 2.45) is 0 Å². The van der Waals surface area contributed by atoms with E-state index in [2.05, 4.69) is 20.9 Å². The van der Waals surface area contributed by atoms with E-state index in [9.17, 15) is 9.59 Å². The molecular weight excluding hydrogens is 416 g/mol. The van der Waals surface area contributed by atoms with Gasteiger partial charge in [-0.2, -0.15) is 0 Å². The summed E-state index contributed by atoms with van der Waals surface area (Å²) in [6, 6.07) is 15.3. The minimum Gasteiger partial charge on any atom is -0.487 e. The third kappa shape index (κ3) is 4.73. The van der Waals surface area contributed by atoms with E-state index in [1.54, 1.807) is 18.5 Å². The lowest BCUT2D eigenvalue weighted by atomic mass is 9.96. The molecule has 5 rings (SSSR count). The van der Waals surface area contributed by atoms with E-state index >= 15 is 0 Å². The monoisotopic (exact) mass is 442 g/mol. The smallest absolute Gasteiger partial charge is 0.251 e. The SMILES string of the molecule is O=C(NCc1cccc(C(=O)NCC2CCCN2)c1)c1ccc2c(c1)COc1cnccc1-2. The molecule has 2 amide bonds. The van der Waals surface area contributed by atoms with Gasteiger partial charge in [0.25, 0.3) is 11.8 Å². The zero-order valence-corrected chi connectivity index (χ0v) is 18.3. The number of rotatable bonds is 6. The second-order valence-corrected chi connectivity index (χ2v) is 8.42. The Hall–Kier alpha value is -3.71. The van der Waals surface area contributed by atoms with Gasteiger partial charge in [0, 0.05) is 42.0 Å². The summed E-state index contributed by atoms with van der Waals surface area (Å²) in [5.74, 6) is 0.494. The number of nitrogens with one attached hydrogen (secondary N) is 3.